The summed E-state index contributed by atoms with van der Waals surface area (Å²) in [6.45, 7) is 2.29. The minimum atomic E-state index is -0.817. The predicted molar refractivity (Wildman–Crippen MR) is 60.2 cm³/mol. The molecule has 4 heteroatoms. The third kappa shape index (κ3) is 2.62. The summed E-state index contributed by atoms with van der Waals surface area (Å²) < 4.78 is 2.09. The summed E-state index contributed by atoms with van der Waals surface area (Å²) in [6, 6.07) is 0.520. The predicted octanol–water partition coefficient (Wildman–Crippen LogP) is 2.26. The van der Waals surface area contributed by atoms with E-state index in [2.05, 4.69) is 16.5 Å². The van der Waals surface area contributed by atoms with Gasteiger partial charge in [-0.2, -0.15) is 0 Å². The molecule has 2 rings (SSSR count). The van der Waals surface area contributed by atoms with Crippen molar-refractivity contribution in [2.24, 2.45) is 5.92 Å². The number of carbonyl (C=O) groups is 1. The largest absolute Gasteiger partial charge is 0.481 e. The standard InChI is InChI=1S/C12H18N2O2/c1-9-2-4-11(5-3-9)14-7-10(13-8-14)6-12(15)16/h7-9,11H,2-6H2,1H3,(H,15,16). The van der Waals surface area contributed by atoms with Crippen LogP contribution in [0.25, 0.3) is 0 Å². The van der Waals surface area contributed by atoms with E-state index >= 15 is 0 Å². The first-order valence-electron chi connectivity index (χ1n) is 5.89. The molecule has 1 aromatic rings. The van der Waals surface area contributed by atoms with Gasteiger partial charge in [0.05, 0.1) is 18.4 Å². The molecule has 0 radical (unpaired) electrons. The van der Waals surface area contributed by atoms with Gasteiger partial charge in [0, 0.05) is 12.2 Å². The Morgan fingerprint density at radius 2 is 2.19 bits per heavy atom. The van der Waals surface area contributed by atoms with Gasteiger partial charge in [0.25, 0.3) is 0 Å². The van der Waals surface area contributed by atoms with Crippen LogP contribution < -0.4 is 0 Å². The fraction of sp³-hybridized carbons (Fsp3) is 0.667. The Morgan fingerprint density at radius 1 is 1.50 bits per heavy atom. The Morgan fingerprint density at radius 3 is 2.81 bits per heavy atom. The molecule has 0 bridgehead atoms. The molecule has 16 heavy (non-hydrogen) atoms. The number of imidazole rings is 1. The maximum atomic E-state index is 10.5. The van der Waals surface area contributed by atoms with E-state index in [4.69, 9.17) is 5.11 Å². The Bertz CT molecular complexity index is 365. The lowest BCUT2D eigenvalue weighted by molar-refractivity contribution is -0.136. The molecule has 0 aliphatic heterocycles. The van der Waals surface area contributed by atoms with Gasteiger partial charge in [0.15, 0.2) is 0 Å². The molecule has 1 fully saturated rings. The average Bonchev–Trinajstić information content (AvgIpc) is 2.66. The van der Waals surface area contributed by atoms with E-state index in [0.717, 1.165) is 5.92 Å². The van der Waals surface area contributed by atoms with Crippen LogP contribution >= 0.6 is 0 Å². The SMILES string of the molecule is CC1CCC(n2cnc(CC(=O)O)c2)CC1. The zero-order valence-corrected chi connectivity index (χ0v) is 9.59. The third-order valence-corrected chi connectivity index (χ3v) is 3.39. The smallest absolute Gasteiger partial charge is 0.309 e. The first-order chi connectivity index (χ1) is 7.65. The molecule has 0 amide bonds. The topological polar surface area (TPSA) is 55.1 Å². The van der Waals surface area contributed by atoms with Crippen LogP contribution in [0.3, 0.4) is 0 Å². The van der Waals surface area contributed by atoms with Crippen molar-refractivity contribution in [2.45, 2.75) is 45.1 Å². The van der Waals surface area contributed by atoms with Crippen LogP contribution in [0.15, 0.2) is 12.5 Å². The van der Waals surface area contributed by atoms with E-state index in [-0.39, 0.29) is 6.42 Å². The van der Waals surface area contributed by atoms with Crippen molar-refractivity contribution < 1.29 is 9.90 Å². The van der Waals surface area contributed by atoms with Crippen molar-refractivity contribution >= 4 is 5.97 Å². The quantitative estimate of drug-likeness (QED) is 0.853. The molecule has 0 unspecified atom stereocenters. The molecule has 1 heterocycles. The van der Waals surface area contributed by atoms with Crippen LogP contribution in [0.1, 0.15) is 44.3 Å². The van der Waals surface area contributed by atoms with Gasteiger partial charge in [0.2, 0.25) is 0 Å². The lowest BCUT2D eigenvalue weighted by Gasteiger charge is -2.26. The van der Waals surface area contributed by atoms with Gasteiger partial charge in [-0.1, -0.05) is 6.92 Å². The van der Waals surface area contributed by atoms with Gasteiger partial charge in [-0.05, 0) is 31.6 Å². The van der Waals surface area contributed by atoms with E-state index < -0.39 is 5.97 Å². The highest BCUT2D eigenvalue weighted by atomic mass is 16.4. The summed E-state index contributed by atoms with van der Waals surface area (Å²) in [6.07, 6.45) is 8.58. The highest BCUT2D eigenvalue weighted by Gasteiger charge is 2.19. The Labute approximate surface area is 95.3 Å². The zero-order valence-electron chi connectivity index (χ0n) is 9.59. The van der Waals surface area contributed by atoms with Crippen LogP contribution in [-0.4, -0.2) is 20.6 Å². The van der Waals surface area contributed by atoms with Gasteiger partial charge in [-0.3, -0.25) is 4.79 Å². The van der Waals surface area contributed by atoms with Crippen LogP contribution in [0.2, 0.25) is 0 Å². The minimum absolute atomic E-state index is 0.0239. The van der Waals surface area contributed by atoms with Gasteiger partial charge < -0.3 is 9.67 Å². The van der Waals surface area contributed by atoms with Crippen molar-refractivity contribution in [3.63, 3.8) is 0 Å². The van der Waals surface area contributed by atoms with Gasteiger partial charge in [0.1, 0.15) is 0 Å². The summed E-state index contributed by atoms with van der Waals surface area (Å²) in [5.41, 5.74) is 0.658. The number of carboxylic acid groups (broad SMARTS) is 1. The number of aromatic nitrogens is 2. The molecule has 1 aliphatic rings. The number of hydrogen-bond donors (Lipinski definition) is 1. The Kier molecular flexibility index (Phi) is 3.27. The molecule has 1 aromatic heterocycles. The number of aliphatic carboxylic acids is 1. The van der Waals surface area contributed by atoms with Crippen molar-refractivity contribution in [2.75, 3.05) is 0 Å². The minimum Gasteiger partial charge on any atom is -0.481 e. The molecule has 1 aliphatic carbocycles. The molecule has 0 aromatic carbocycles. The maximum absolute atomic E-state index is 10.5. The Balaban J connectivity index is 1.99. The molecule has 1 N–H and O–H groups in total. The van der Waals surface area contributed by atoms with Crippen molar-refractivity contribution in [3.8, 4) is 0 Å². The molecule has 88 valence electrons. The second-order valence-electron chi connectivity index (χ2n) is 4.80. The van der Waals surface area contributed by atoms with E-state index in [9.17, 15) is 4.79 Å². The van der Waals surface area contributed by atoms with E-state index in [1.807, 2.05) is 6.20 Å². The van der Waals surface area contributed by atoms with Crippen molar-refractivity contribution in [3.05, 3.63) is 18.2 Å². The summed E-state index contributed by atoms with van der Waals surface area (Å²) in [5.74, 6) is 0.0146. The second-order valence-corrected chi connectivity index (χ2v) is 4.80. The maximum Gasteiger partial charge on any atom is 0.309 e. The number of hydrogen-bond acceptors (Lipinski definition) is 2. The molecular weight excluding hydrogens is 204 g/mol. The van der Waals surface area contributed by atoms with Crippen LogP contribution in [-0.2, 0) is 11.2 Å². The van der Waals surface area contributed by atoms with Crippen LogP contribution in [0, 0.1) is 5.92 Å². The highest BCUT2D eigenvalue weighted by molar-refractivity contribution is 5.69. The van der Waals surface area contributed by atoms with Crippen molar-refractivity contribution in [1.29, 1.82) is 0 Å². The summed E-state index contributed by atoms with van der Waals surface area (Å²) >= 11 is 0. The zero-order chi connectivity index (χ0) is 11.5. The third-order valence-electron chi connectivity index (χ3n) is 3.39. The Hall–Kier alpha value is -1.32. The van der Waals surface area contributed by atoms with Crippen LogP contribution in [0.4, 0.5) is 0 Å². The molecular formula is C12H18N2O2. The monoisotopic (exact) mass is 222 g/mol. The number of nitrogens with zero attached hydrogens (tertiary/aromatic N) is 2. The van der Waals surface area contributed by atoms with E-state index in [0.29, 0.717) is 11.7 Å². The lowest BCUT2D eigenvalue weighted by atomic mass is 9.87. The van der Waals surface area contributed by atoms with Gasteiger partial charge in [-0.25, -0.2) is 4.98 Å². The number of rotatable bonds is 3. The summed E-state index contributed by atoms with van der Waals surface area (Å²) in [7, 11) is 0. The lowest BCUT2D eigenvalue weighted by Crippen LogP contribution is -2.15. The molecule has 1 saturated carbocycles. The molecule has 0 saturated heterocycles. The number of carboxylic acids is 1. The van der Waals surface area contributed by atoms with Crippen molar-refractivity contribution in [1.82, 2.24) is 9.55 Å². The van der Waals surface area contributed by atoms with E-state index in [1.165, 1.54) is 25.7 Å². The molecule has 4 nitrogen and oxygen atoms in total. The van der Waals surface area contributed by atoms with Gasteiger partial charge in [-0.15, -0.1) is 0 Å². The summed E-state index contributed by atoms with van der Waals surface area (Å²) in [4.78, 5) is 14.7. The summed E-state index contributed by atoms with van der Waals surface area (Å²) in [5, 5.41) is 8.67. The highest BCUT2D eigenvalue weighted by Crippen LogP contribution is 2.31. The molecule has 0 spiro atoms. The molecule has 0 atom stereocenters. The fourth-order valence-corrected chi connectivity index (χ4v) is 2.37. The fourth-order valence-electron chi connectivity index (χ4n) is 2.37. The average molecular weight is 222 g/mol. The second kappa shape index (κ2) is 4.68. The van der Waals surface area contributed by atoms with E-state index in [1.54, 1.807) is 6.33 Å². The first-order valence-corrected chi connectivity index (χ1v) is 5.89. The van der Waals surface area contributed by atoms with Gasteiger partial charge >= 0.3 is 5.97 Å². The van der Waals surface area contributed by atoms with Crippen LogP contribution in [0.5, 0.6) is 0 Å². The first kappa shape index (κ1) is 11.2. The normalized spacial score (nSPS) is 25.6.